The summed E-state index contributed by atoms with van der Waals surface area (Å²) >= 11 is 9.90. The predicted octanol–water partition coefficient (Wildman–Crippen LogP) is 3.81. The third-order valence-electron chi connectivity index (χ3n) is 3.40. The first-order chi connectivity index (χ1) is 12.2. The lowest BCUT2D eigenvalue weighted by molar-refractivity contribution is -0.137. The van der Waals surface area contributed by atoms with Crippen LogP contribution in [0.15, 0.2) is 61.4 Å². The van der Waals surface area contributed by atoms with Gasteiger partial charge in [0.25, 0.3) is 0 Å². The molecule has 2 aromatic carbocycles. The van der Waals surface area contributed by atoms with Gasteiger partial charge in [0.05, 0.1) is 21.8 Å². The highest BCUT2D eigenvalue weighted by Gasteiger charge is 2.31. The molecule has 3 rings (SSSR count). The maximum Gasteiger partial charge on any atom is 0.429 e. The lowest BCUT2D eigenvalue weighted by atomic mass is 10.2. The molecule has 0 N–H and O–H groups in total. The van der Waals surface area contributed by atoms with E-state index >= 15 is 0 Å². The Balaban J connectivity index is 2.15. The summed E-state index contributed by atoms with van der Waals surface area (Å²) in [4.78, 5) is 27.9. The molecule has 0 unspecified atom stereocenters. The highest BCUT2D eigenvalue weighted by molar-refractivity contribution is 7.80. The van der Waals surface area contributed by atoms with Crippen molar-refractivity contribution in [1.82, 2.24) is 9.55 Å². The van der Waals surface area contributed by atoms with E-state index in [0.29, 0.717) is 10.6 Å². The van der Waals surface area contributed by atoms with Crippen molar-refractivity contribution in [3.63, 3.8) is 0 Å². The van der Waals surface area contributed by atoms with Crippen molar-refractivity contribution in [3.8, 4) is 17.1 Å². The van der Waals surface area contributed by atoms with Crippen molar-refractivity contribution in [3.05, 3.63) is 74.1 Å². The fraction of sp³-hybridized carbons (Fsp3) is 0.0625. The van der Waals surface area contributed by atoms with Gasteiger partial charge in [-0.05, 0) is 30.3 Å². The second kappa shape index (κ2) is 6.65. The van der Waals surface area contributed by atoms with Crippen molar-refractivity contribution in [2.45, 2.75) is 11.1 Å². The largest absolute Gasteiger partial charge is 0.429 e. The second-order valence-corrected chi connectivity index (χ2v) is 5.97. The van der Waals surface area contributed by atoms with Crippen molar-refractivity contribution < 1.29 is 17.6 Å². The van der Waals surface area contributed by atoms with E-state index in [1.165, 1.54) is 12.1 Å². The minimum Gasteiger partial charge on any atom is -0.390 e. The van der Waals surface area contributed by atoms with E-state index in [4.69, 9.17) is 16.0 Å². The maximum absolute atomic E-state index is 12.7. The van der Waals surface area contributed by atoms with Crippen molar-refractivity contribution in [2.75, 3.05) is 0 Å². The van der Waals surface area contributed by atoms with Gasteiger partial charge in [0.15, 0.2) is 0 Å². The summed E-state index contributed by atoms with van der Waals surface area (Å²) in [6.07, 6.45) is -4.59. The number of rotatable bonds is 2. The van der Waals surface area contributed by atoms with Gasteiger partial charge in [-0.2, -0.15) is 22.7 Å². The Labute approximate surface area is 154 Å². The van der Waals surface area contributed by atoms with E-state index in [-0.39, 0.29) is 27.1 Å². The summed E-state index contributed by atoms with van der Waals surface area (Å²) in [7, 11) is 0. The summed E-state index contributed by atoms with van der Waals surface area (Å²) in [5.74, 6) is -1.43. The van der Waals surface area contributed by atoms with Crippen LogP contribution in [-0.4, -0.2) is 9.55 Å². The SMILES string of the molecule is O=c1nc(-c2ccccc2Cl)oc(=O)n1-c1ccc(C(F)(F)F)cc1S. The van der Waals surface area contributed by atoms with Crippen LogP contribution in [0.4, 0.5) is 13.2 Å². The van der Waals surface area contributed by atoms with Crippen molar-refractivity contribution in [1.29, 1.82) is 0 Å². The minimum absolute atomic E-state index is 0.182. The second-order valence-electron chi connectivity index (χ2n) is 5.08. The third kappa shape index (κ3) is 3.40. The zero-order valence-electron chi connectivity index (χ0n) is 12.6. The fourth-order valence-electron chi connectivity index (χ4n) is 2.21. The molecule has 0 bridgehead atoms. The maximum atomic E-state index is 12.7. The monoisotopic (exact) mass is 400 g/mol. The van der Waals surface area contributed by atoms with Crippen LogP contribution < -0.4 is 11.4 Å². The molecular formula is C16H8ClF3N2O3S. The van der Waals surface area contributed by atoms with Gasteiger partial charge in [0.1, 0.15) is 0 Å². The molecule has 10 heteroatoms. The summed E-state index contributed by atoms with van der Waals surface area (Å²) < 4.78 is 43.7. The van der Waals surface area contributed by atoms with Gasteiger partial charge in [-0.15, -0.1) is 12.6 Å². The smallest absolute Gasteiger partial charge is 0.390 e. The highest BCUT2D eigenvalue weighted by Crippen LogP contribution is 2.32. The van der Waals surface area contributed by atoms with Crippen molar-refractivity contribution in [2.24, 2.45) is 0 Å². The molecule has 0 saturated heterocycles. The Morgan fingerprint density at radius 3 is 2.38 bits per heavy atom. The van der Waals surface area contributed by atoms with Gasteiger partial charge in [-0.25, -0.2) is 9.59 Å². The molecule has 0 atom stereocenters. The Kier molecular flexibility index (Phi) is 4.68. The van der Waals surface area contributed by atoms with Crippen LogP contribution in [0.25, 0.3) is 17.1 Å². The van der Waals surface area contributed by atoms with Crippen LogP contribution in [0.1, 0.15) is 5.56 Å². The number of nitrogens with zero attached hydrogens (tertiary/aromatic N) is 2. The van der Waals surface area contributed by atoms with E-state index < -0.39 is 23.2 Å². The zero-order chi connectivity index (χ0) is 19.1. The Morgan fingerprint density at radius 2 is 1.81 bits per heavy atom. The van der Waals surface area contributed by atoms with E-state index in [2.05, 4.69) is 17.6 Å². The summed E-state index contributed by atoms with van der Waals surface area (Å²) in [6, 6.07) is 8.64. The molecule has 0 aliphatic carbocycles. The number of hydrogen-bond donors (Lipinski definition) is 1. The fourth-order valence-corrected chi connectivity index (χ4v) is 2.74. The number of aromatic nitrogens is 2. The van der Waals surface area contributed by atoms with Gasteiger partial charge in [0.2, 0.25) is 5.89 Å². The van der Waals surface area contributed by atoms with Crippen LogP contribution in [0.2, 0.25) is 5.02 Å². The van der Waals surface area contributed by atoms with E-state index in [1.807, 2.05) is 0 Å². The van der Waals surface area contributed by atoms with Crippen LogP contribution in [-0.2, 0) is 6.18 Å². The highest BCUT2D eigenvalue weighted by atomic mass is 35.5. The predicted molar refractivity (Wildman–Crippen MR) is 91.1 cm³/mol. The molecule has 3 aromatic rings. The molecule has 134 valence electrons. The first-order valence-electron chi connectivity index (χ1n) is 6.98. The topological polar surface area (TPSA) is 65.1 Å². The van der Waals surface area contributed by atoms with E-state index in [0.717, 1.165) is 12.1 Å². The molecule has 1 aromatic heterocycles. The molecule has 0 aliphatic rings. The molecular weight excluding hydrogens is 393 g/mol. The van der Waals surface area contributed by atoms with Gasteiger partial charge in [-0.3, -0.25) is 0 Å². The molecule has 0 saturated carbocycles. The van der Waals surface area contributed by atoms with Gasteiger partial charge in [-0.1, -0.05) is 23.7 Å². The van der Waals surface area contributed by atoms with Gasteiger partial charge < -0.3 is 4.42 Å². The van der Waals surface area contributed by atoms with Crippen LogP contribution in [0.3, 0.4) is 0 Å². The lowest BCUT2D eigenvalue weighted by Gasteiger charge is -2.11. The molecule has 0 aliphatic heterocycles. The summed E-state index contributed by atoms with van der Waals surface area (Å²) in [6.45, 7) is 0. The average Bonchev–Trinajstić information content (AvgIpc) is 2.55. The zero-order valence-corrected chi connectivity index (χ0v) is 14.3. The Bertz CT molecular complexity index is 1080. The van der Waals surface area contributed by atoms with Gasteiger partial charge >= 0.3 is 17.6 Å². The van der Waals surface area contributed by atoms with Crippen molar-refractivity contribution >= 4 is 24.2 Å². The molecule has 0 spiro atoms. The molecule has 1 heterocycles. The number of hydrogen-bond acceptors (Lipinski definition) is 5. The van der Waals surface area contributed by atoms with Gasteiger partial charge in [0, 0.05) is 4.90 Å². The Hall–Kier alpha value is -2.52. The lowest BCUT2D eigenvalue weighted by Crippen LogP contribution is -2.33. The van der Waals surface area contributed by atoms with E-state index in [9.17, 15) is 22.8 Å². The van der Waals surface area contributed by atoms with E-state index in [1.54, 1.807) is 12.1 Å². The first kappa shape index (κ1) is 18.3. The quantitative estimate of drug-likeness (QED) is 0.664. The number of thiol groups is 1. The number of halogens is 4. The standard InChI is InChI=1S/C16H8ClF3N2O3S/c17-10-4-2-1-3-9(10)13-21-14(23)22(15(24)25-13)11-6-5-8(7-12(11)26)16(18,19)20/h1-7,26H. The molecule has 26 heavy (non-hydrogen) atoms. The number of alkyl halides is 3. The molecule has 0 amide bonds. The van der Waals surface area contributed by atoms with Crippen LogP contribution in [0, 0.1) is 0 Å². The summed E-state index contributed by atoms with van der Waals surface area (Å²) in [5.41, 5.74) is -1.96. The normalized spacial score (nSPS) is 11.6. The summed E-state index contributed by atoms with van der Waals surface area (Å²) in [5, 5.41) is 0.213. The van der Waals surface area contributed by atoms with Crippen LogP contribution in [0.5, 0.6) is 0 Å². The molecule has 0 fully saturated rings. The minimum atomic E-state index is -4.59. The van der Waals surface area contributed by atoms with Crippen LogP contribution >= 0.6 is 24.2 Å². The molecule has 5 nitrogen and oxygen atoms in total. The first-order valence-corrected chi connectivity index (χ1v) is 7.80. The number of benzene rings is 2. The molecule has 0 radical (unpaired) electrons. The average molecular weight is 401 g/mol. The third-order valence-corrected chi connectivity index (χ3v) is 4.09. The Morgan fingerprint density at radius 1 is 1.12 bits per heavy atom.